The number of nitrogens with one attached hydrogen (secondary N) is 1. The third-order valence-corrected chi connectivity index (χ3v) is 3.52. The van der Waals surface area contributed by atoms with Crippen LogP contribution in [0.1, 0.15) is 11.6 Å². The molecular formula is C12H16BrFN2. The second-order valence-corrected chi connectivity index (χ2v) is 4.92. The van der Waals surface area contributed by atoms with Crippen molar-refractivity contribution in [1.29, 1.82) is 0 Å². The van der Waals surface area contributed by atoms with E-state index in [1.807, 2.05) is 24.3 Å². The molecule has 1 aliphatic heterocycles. The summed E-state index contributed by atoms with van der Waals surface area (Å²) in [6, 6.07) is 7.85. The van der Waals surface area contributed by atoms with E-state index in [-0.39, 0.29) is 12.7 Å². The fraction of sp³-hybridized carbons (Fsp3) is 0.500. The minimum Gasteiger partial charge on any atom is -0.314 e. The van der Waals surface area contributed by atoms with Crippen molar-refractivity contribution in [2.24, 2.45) is 0 Å². The van der Waals surface area contributed by atoms with Crippen LogP contribution in [0.3, 0.4) is 0 Å². The average molecular weight is 287 g/mol. The summed E-state index contributed by atoms with van der Waals surface area (Å²) in [6.07, 6.45) is 0. The Kier molecular flexibility index (Phi) is 4.32. The van der Waals surface area contributed by atoms with E-state index in [9.17, 15) is 4.39 Å². The molecule has 88 valence electrons. The maximum Gasteiger partial charge on any atom is 0.109 e. The summed E-state index contributed by atoms with van der Waals surface area (Å²) < 4.78 is 14.2. The van der Waals surface area contributed by atoms with Gasteiger partial charge in [0, 0.05) is 30.7 Å². The van der Waals surface area contributed by atoms with Crippen LogP contribution in [0.25, 0.3) is 0 Å². The van der Waals surface area contributed by atoms with E-state index >= 15 is 0 Å². The Hall–Kier alpha value is -0.450. The first kappa shape index (κ1) is 12.0. The van der Waals surface area contributed by atoms with Crippen LogP contribution in [0.15, 0.2) is 28.7 Å². The number of hydrogen-bond acceptors (Lipinski definition) is 2. The van der Waals surface area contributed by atoms with Crippen molar-refractivity contribution in [3.63, 3.8) is 0 Å². The molecule has 16 heavy (non-hydrogen) atoms. The highest BCUT2D eigenvalue weighted by Gasteiger charge is 2.21. The van der Waals surface area contributed by atoms with E-state index in [1.165, 1.54) is 0 Å². The van der Waals surface area contributed by atoms with Crippen LogP contribution >= 0.6 is 15.9 Å². The van der Waals surface area contributed by atoms with Crippen LogP contribution in [-0.4, -0.2) is 37.8 Å². The Balaban J connectivity index is 2.11. The lowest BCUT2D eigenvalue weighted by Crippen LogP contribution is -2.45. The van der Waals surface area contributed by atoms with E-state index in [0.717, 1.165) is 36.2 Å². The lowest BCUT2D eigenvalue weighted by molar-refractivity contribution is 0.147. The predicted molar refractivity (Wildman–Crippen MR) is 67.3 cm³/mol. The summed E-state index contributed by atoms with van der Waals surface area (Å²) in [5, 5.41) is 3.28. The third kappa shape index (κ3) is 2.81. The van der Waals surface area contributed by atoms with Gasteiger partial charge in [-0.05, 0) is 17.7 Å². The van der Waals surface area contributed by atoms with Crippen molar-refractivity contribution in [3.05, 3.63) is 34.3 Å². The molecule has 2 nitrogen and oxygen atoms in total. The smallest absolute Gasteiger partial charge is 0.109 e. The SMILES string of the molecule is FC[C@H](c1ccc(Br)cc1)N1CCNCC1. The van der Waals surface area contributed by atoms with Gasteiger partial charge in [-0.25, -0.2) is 4.39 Å². The van der Waals surface area contributed by atoms with Gasteiger partial charge in [-0.3, -0.25) is 4.90 Å². The minimum absolute atomic E-state index is 0.0878. The molecule has 4 heteroatoms. The lowest BCUT2D eigenvalue weighted by atomic mass is 10.1. The lowest BCUT2D eigenvalue weighted by Gasteiger charge is -2.33. The quantitative estimate of drug-likeness (QED) is 0.918. The molecule has 1 saturated heterocycles. The molecule has 1 aliphatic rings. The summed E-state index contributed by atoms with van der Waals surface area (Å²) in [5.74, 6) is 0. The molecule has 0 saturated carbocycles. The summed E-state index contributed by atoms with van der Waals surface area (Å²) in [4.78, 5) is 2.21. The first-order valence-electron chi connectivity index (χ1n) is 5.57. The molecule has 2 rings (SSSR count). The molecule has 0 unspecified atom stereocenters. The minimum atomic E-state index is -0.318. The van der Waals surface area contributed by atoms with Gasteiger partial charge < -0.3 is 5.32 Å². The van der Waals surface area contributed by atoms with E-state index in [1.54, 1.807) is 0 Å². The summed E-state index contributed by atoms with van der Waals surface area (Å²) in [5.41, 5.74) is 1.06. The zero-order valence-corrected chi connectivity index (χ0v) is 10.7. The highest BCUT2D eigenvalue weighted by atomic mass is 79.9. The monoisotopic (exact) mass is 286 g/mol. The Labute approximate surface area is 104 Å². The largest absolute Gasteiger partial charge is 0.314 e. The molecule has 1 aromatic rings. The van der Waals surface area contributed by atoms with E-state index in [0.29, 0.717) is 0 Å². The van der Waals surface area contributed by atoms with Gasteiger partial charge in [0.1, 0.15) is 6.67 Å². The maximum absolute atomic E-state index is 13.2. The van der Waals surface area contributed by atoms with Crippen molar-refractivity contribution in [2.75, 3.05) is 32.9 Å². The molecule has 1 aromatic carbocycles. The third-order valence-electron chi connectivity index (χ3n) is 2.99. The van der Waals surface area contributed by atoms with Crippen molar-refractivity contribution in [1.82, 2.24) is 10.2 Å². The van der Waals surface area contributed by atoms with Gasteiger partial charge in [-0.2, -0.15) is 0 Å². The number of rotatable bonds is 3. The highest BCUT2D eigenvalue weighted by Crippen LogP contribution is 2.23. The molecule has 0 aliphatic carbocycles. The summed E-state index contributed by atoms with van der Waals surface area (Å²) >= 11 is 3.40. The average Bonchev–Trinajstić information content (AvgIpc) is 2.34. The van der Waals surface area contributed by atoms with Gasteiger partial charge in [-0.1, -0.05) is 28.1 Å². The number of piperazine rings is 1. The fourth-order valence-corrected chi connectivity index (χ4v) is 2.34. The van der Waals surface area contributed by atoms with Crippen LogP contribution in [0, 0.1) is 0 Å². The molecule has 1 N–H and O–H groups in total. The number of hydrogen-bond donors (Lipinski definition) is 1. The maximum atomic E-state index is 13.2. The number of benzene rings is 1. The van der Waals surface area contributed by atoms with Gasteiger partial charge in [0.2, 0.25) is 0 Å². The number of alkyl halides is 1. The summed E-state index contributed by atoms with van der Waals surface area (Å²) in [7, 11) is 0. The molecule has 0 spiro atoms. The first-order valence-corrected chi connectivity index (χ1v) is 6.37. The Morgan fingerprint density at radius 2 is 1.88 bits per heavy atom. The second kappa shape index (κ2) is 5.75. The Morgan fingerprint density at radius 1 is 1.25 bits per heavy atom. The topological polar surface area (TPSA) is 15.3 Å². The van der Waals surface area contributed by atoms with Crippen molar-refractivity contribution >= 4 is 15.9 Å². The molecule has 0 bridgehead atoms. The Bertz CT molecular complexity index is 322. The highest BCUT2D eigenvalue weighted by molar-refractivity contribution is 9.10. The first-order chi connectivity index (χ1) is 7.81. The van der Waals surface area contributed by atoms with Crippen LogP contribution in [0.5, 0.6) is 0 Å². The molecule has 0 amide bonds. The number of nitrogens with zero attached hydrogens (tertiary/aromatic N) is 1. The zero-order chi connectivity index (χ0) is 11.4. The zero-order valence-electron chi connectivity index (χ0n) is 9.13. The molecule has 0 radical (unpaired) electrons. The Morgan fingerprint density at radius 3 is 2.44 bits per heavy atom. The van der Waals surface area contributed by atoms with Gasteiger partial charge in [-0.15, -0.1) is 0 Å². The van der Waals surface area contributed by atoms with Gasteiger partial charge in [0.05, 0.1) is 6.04 Å². The number of halogens is 2. The standard InChI is InChI=1S/C12H16BrFN2/c13-11-3-1-10(2-4-11)12(9-14)16-7-5-15-6-8-16/h1-4,12,15H,5-9H2/t12-/m1/s1. The predicted octanol–water partition coefficient (Wildman–Crippen LogP) is 2.36. The van der Waals surface area contributed by atoms with Crippen LogP contribution < -0.4 is 5.32 Å². The van der Waals surface area contributed by atoms with Gasteiger partial charge >= 0.3 is 0 Å². The molecule has 1 fully saturated rings. The second-order valence-electron chi connectivity index (χ2n) is 4.01. The van der Waals surface area contributed by atoms with Crippen LogP contribution in [0.2, 0.25) is 0 Å². The molecule has 1 atom stereocenters. The van der Waals surface area contributed by atoms with E-state index in [4.69, 9.17) is 0 Å². The van der Waals surface area contributed by atoms with Crippen LogP contribution in [-0.2, 0) is 0 Å². The van der Waals surface area contributed by atoms with E-state index in [2.05, 4.69) is 26.1 Å². The normalized spacial score (nSPS) is 19.6. The molecule has 0 aromatic heterocycles. The van der Waals surface area contributed by atoms with E-state index < -0.39 is 0 Å². The molecular weight excluding hydrogens is 271 g/mol. The summed E-state index contributed by atoms with van der Waals surface area (Å²) in [6.45, 7) is 3.43. The van der Waals surface area contributed by atoms with Crippen molar-refractivity contribution < 1.29 is 4.39 Å². The molecule has 1 heterocycles. The van der Waals surface area contributed by atoms with Crippen LogP contribution in [0.4, 0.5) is 4.39 Å². The fourth-order valence-electron chi connectivity index (χ4n) is 2.08. The van der Waals surface area contributed by atoms with Gasteiger partial charge in [0.25, 0.3) is 0 Å². The van der Waals surface area contributed by atoms with Crippen molar-refractivity contribution in [3.8, 4) is 0 Å². The van der Waals surface area contributed by atoms with Gasteiger partial charge in [0.15, 0.2) is 0 Å². The van der Waals surface area contributed by atoms with Crippen molar-refractivity contribution in [2.45, 2.75) is 6.04 Å².